The first-order valence-electron chi connectivity index (χ1n) is 6.56. The third-order valence-electron chi connectivity index (χ3n) is 3.93. The predicted octanol–water partition coefficient (Wildman–Crippen LogP) is 2.26. The van der Waals surface area contributed by atoms with Crippen molar-refractivity contribution in [3.05, 3.63) is 23.8 Å². The lowest BCUT2D eigenvalue weighted by Gasteiger charge is -2.11. The van der Waals surface area contributed by atoms with Crippen LogP contribution in [-0.2, 0) is 0 Å². The topological polar surface area (TPSA) is 114 Å². The van der Waals surface area contributed by atoms with E-state index in [-0.39, 0.29) is 0 Å². The van der Waals surface area contributed by atoms with E-state index in [1.54, 1.807) is 18.2 Å². The minimum absolute atomic E-state index is 0.431. The van der Waals surface area contributed by atoms with Crippen molar-refractivity contribution in [2.45, 2.75) is 12.8 Å². The maximum absolute atomic E-state index is 9.32. The molecule has 1 aromatic rings. The highest BCUT2D eigenvalue weighted by atomic mass is 16.5. The lowest BCUT2D eigenvalue weighted by Crippen LogP contribution is -2.05. The number of ether oxygens (including phenoxy) is 2. The van der Waals surface area contributed by atoms with Gasteiger partial charge in [-0.2, -0.15) is 21.0 Å². The number of hydrogen-bond donors (Lipinski definition) is 0. The Labute approximate surface area is 128 Å². The minimum Gasteiger partial charge on any atom is -0.493 e. The Morgan fingerprint density at radius 1 is 1.00 bits per heavy atom. The van der Waals surface area contributed by atoms with Crippen LogP contribution in [0.5, 0.6) is 11.5 Å². The number of nitrogens with zero attached hydrogens (tertiary/aromatic N) is 4. The fourth-order valence-electron chi connectivity index (χ4n) is 2.77. The van der Waals surface area contributed by atoms with Crippen molar-refractivity contribution in [2.75, 3.05) is 13.7 Å². The van der Waals surface area contributed by atoms with Crippen LogP contribution in [0.25, 0.3) is 0 Å². The van der Waals surface area contributed by atoms with Crippen molar-refractivity contribution in [1.29, 1.82) is 21.0 Å². The molecular formula is C16H12N4O2. The third-order valence-corrected chi connectivity index (χ3v) is 3.93. The maximum Gasteiger partial charge on any atom is 0.185 e. The van der Waals surface area contributed by atoms with Crippen LogP contribution in [-0.4, -0.2) is 13.7 Å². The van der Waals surface area contributed by atoms with Gasteiger partial charge in [0.2, 0.25) is 0 Å². The second kappa shape index (κ2) is 5.28. The summed E-state index contributed by atoms with van der Waals surface area (Å²) in [4.78, 5) is 0. The van der Waals surface area contributed by atoms with Gasteiger partial charge in [0.15, 0.2) is 22.3 Å². The first-order valence-corrected chi connectivity index (χ1v) is 6.56. The molecule has 1 saturated carbocycles. The fraction of sp³-hybridized carbons (Fsp3) is 0.375. The summed E-state index contributed by atoms with van der Waals surface area (Å²) in [7, 11) is 1.47. The van der Waals surface area contributed by atoms with Gasteiger partial charge in [0.1, 0.15) is 0 Å². The molecule has 0 radical (unpaired) electrons. The van der Waals surface area contributed by atoms with Gasteiger partial charge < -0.3 is 9.47 Å². The quantitative estimate of drug-likeness (QED) is 0.840. The molecule has 6 nitrogen and oxygen atoms in total. The van der Waals surface area contributed by atoms with E-state index < -0.39 is 16.7 Å². The molecule has 0 aliphatic heterocycles. The Hall–Kier alpha value is -3.22. The molecule has 0 aromatic heterocycles. The van der Waals surface area contributed by atoms with Crippen LogP contribution in [0, 0.1) is 56.2 Å². The summed E-state index contributed by atoms with van der Waals surface area (Å²) in [6.07, 6.45) is 0. The van der Waals surface area contributed by atoms with Gasteiger partial charge in [-0.05, 0) is 24.6 Å². The molecule has 2 rings (SSSR count). The molecule has 22 heavy (non-hydrogen) atoms. The first-order chi connectivity index (χ1) is 10.6. The fourth-order valence-corrected chi connectivity index (χ4v) is 2.77. The normalized spacial score (nSPS) is 17.2. The highest BCUT2D eigenvalue weighted by Crippen LogP contribution is 2.73. The van der Waals surface area contributed by atoms with Crippen LogP contribution >= 0.6 is 0 Å². The Kier molecular flexibility index (Phi) is 3.64. The van der Waals surface area contributed by atoms with Crippen molar-refractivity contribution in [3.8, 4) is 35.8 Å². The van der Waals surface area contributed by atoms with Crippen LogP contribution in [0.15, 0.2) is 18.2 Å². The van der Waals surface area contributed by atoms with Crippen LogP contribution in [0.4, 0.5) is 0 Å². The lowest BCUT2D eigenvalue weighted by molar-refractivity contribution is 0.310. The van der Waals surface area contributed by atoms with Gasteiger partial charge in [0, 0.05) is 0 Å². The molecule has 0 saturated heterocycles. The van der Waals surface area contributed by atoms with E-state index in [0.29, 0.717) is 23.7 Å². The monoisotopic (exact) mass is 292 g/mol. The summed E-state index contributed by atoms with van der Waals surface area (Å²) in [5, 5.41) is 37.3. The standard InChI is InChI=1S/C16H12N4O2/c1-3-22-12-5-4-11(6-13(12)21-2)14-15(7-17,8-18)16(14,9-19)10-20/h4-6,14H,3H2,1-2H3. The highest BCUT2D eigenvalue weighted by Gasteiger charge is 2.82. The van der Waals surface area contributed by atoms with E-state index in [0.717, 1.165) is 0 Å². The number of methoxy groups -OCH3 is 1. The highest BCUT2D eigenvalue weighted by molar-refractivity contribution is 5.60. The summed E-state index contributed by atoms with van der Waals surface area (Å²) in [6, 6.07) is 12.3. The van der Waals surface area contributed by atoms with E-state index in [9.17, 15) is 21.0 Å². The number of nitriles is 4. The molecule has 0 amide bonds. The number of hydrogen-bond acceptors (Lipinski definition) is 6. The van der Waals surface area contributed by atoms with Crippen LogP contribution in [0.3, 0.4) is 0 Å². The van der Waals surface area contributed by atoms with Crippen molar-refractivity contribution in [1.82, 2.24) is 0 Å². The summed E-state index contributed by atoms with van der Waals surface area (Å²) < 4.78 is 10.6. The molecule has 6 heteroatoms. The SMILES string of the molecule is CCOc1ccc(C2C(C#N)(C#N)C2(C#N)C#N)cc1OC. The molecule has 1 aliphatic carbocycles. The number of rotatable bonds is 4. The Balaban J connectivity index is 2.55. The molecule has 0 atom stereocenters. The third kappa shape index (κ3) is 1.69. The van der Waals surface area contributed by atoms with Gasteiger partial charge in [-0.3, -0.25) is 0 Å². The molecule has 1 aromatic carbocycles. The first kappa shape index (κ1) is 15.2. The van der Waals surface area contributed by atoms with Crippen molar-refractivity contribution in [2.24, 2.45) is 10.8 Å². The largest absolute Gasteiger partial charge is 0.493 e. The van der Waals surface area contributed by atoms with Gasteiger partial charge in [0.25, 0.3) is 0 Å². The van der Waals surface area contributed by atoms with Gasteiger partial charge >= 0.3 is 0 Å². The average Bonchev–Trinajstić information content (AvgIpc) is 3.18. The maximum atomic E-state index is 9.32. The Bertz CT molecular complexity index is 707. The second-order valence-electron chi connectivity index (χ2n) is 4.84. The zero-order valence-electron chi connectivity index (χ0n) is 12.1. The van der Waals surface area contributed by atoms with Gasteiger partial charge in [-0.1, -0.05) is 6.07 Å². The van der Waals surface area contributed by atoms with Crippen LogP contribution < -0.4 is 9.47 Å². The molecule has 108 valence electrons. The van der Waals surface area contributed by atoms with E-state index in [4.69, 9.17) is 9.47 Å². The molecule has 0 spiro atoms. The van der Waals surface area contributed by atoms with E-state index in [1.807, 2.05) is 31.2 Å². The second-order valence-corrected chi connectivity index (χ2v) is 4.84. The van der Waals surface area contributed by atoms with E-state index in [2.05, 4.69) is 0 Å². The van der Waals surface area contributed by atoms with Crippen molar-refractivity contribution >= 4 is 0 Å². The molecule has 0 bridgehead atoms. The number of benzene rings is 1. The zero-order chi connectivity index (χ0) is 16.4. The van der Waals surface area contributed by atoms with Crippen LogP contribution in [0.1, 0.15) is 18.4 Å². The Morgan fingerprint density at radius 2 is 1.55 bits per heavy atom. The summed E-state index contributed by atoms with van der Waals surface area (Å²) >= 11 is 0. The zero-order valence-corrected chi connectivity index (χ0v) is 12.1. The smallest absolute Gasteiger partial charge is 0.185 e. The van der Waals surface area contributed by atoms with Gasteiger partial charge in [-0.25, -0.2) is 0 Å². The van der Waals surface area contributed by atoms with E-state index in [1.165, 1.54) is 7.11 Å². The lowest BCUT2D eigenvalue weighted by atomic mass is 9.98. The molecule has 0 heterocycles. The molecular weight excluding hydrogens is 280 g/mol. The minimum atomic E-state index is -1.66. The van der Waals surface area contributed by atoms with E-state index >= 15 is 0 Å². The average molecular weight is 292 g/mol. The van der Waals surface area contributed by atoms with Crippen LogP contribution in [0.2, 0.25) is 0 Å². The van der Waals surface area contributed by atoms with Gasteiger partial charge in [-0.15, -0.1) is 0 Å². The van der Waals surface area contributed by atoms with Crippen molar-refractivity contribution < 1.29 is 9.47 Å². The summed E-state index contributed by atoms with van der Waals surface area (Å²) in [5.74, 6) is 0.156. The summed E-state index contributed by atoms with van der Waals surface area (Å²) in [5.41, 5.74) is -2.78. The van der Waals surface area contributed by atoms with Crippen molar-refractivity contribution in [3.63, 3.8) is 0 Å². The Morgan fingerprint density at radius 3 is 1.95 bits per heavy atom. The molecule has 0 unspecified atom stereocenters. The van der Waals surface area contributed by atoms with Gasteiger partial charge in [0.05, 0.1) is 43.9 Å². The predicted molar refractivity (Wildman–Crippen MR) is 74.2 cm³/mol. The molecule has 1 aliphatic rings. The summed E-state index contributed by atoms with van der Waals surface area (Å²) in [6.45, 7) is 2.29. The molecule has 1 fully saturated rings. The molecule has 0 N–H and O–H groups in total.